The maximum atomic E-state index is 9.01. The van der Waals surface area contributed by atoms with Crippen molar-refractivity contribution in [3.63, 3.8) is 0 Å². The summed E-state index contributed by atoms with van der Waals surface area (Å²) in [5, 5.41) is 12.4. The lowest BCUT2D eigenvalue weighted by Crippen LogP contribution is -2.42. The molecular weight excluding hydrogens is 202 g/mol. The van der Waals surface area contributed by atoms with E-state index in [1.807, 2.05) is 25.1 Å². The van der Waals surface area contributed by atoms with Crippen LogP contribution >= 0.6 is 0 Å². The molecule has 0 saturated carbocycles. The lowest BCUT2D eigenvalue weighted by Gasteiger charge is -2.21. The maximum absolute atomic E-state index is 9.01. The summed E-state index contributed by atoms with van der Waals surface area (Å²) in [4.78, 5) is 0. The zero-order valence-corrected chi connectivity index (χ0v) is 10.0. The van der Waals surface area contributed by atoms with Crippen molar-refractivity contribution in [2.75, 3.05) is 20.3 Å². The SMILES string of the molecule is COCC(Cc1ccccc1)N[C@@H](C)CO. The fourth-order valence-corrected chi connectivity index (χ4v) is 1.72. The lowest BCUT2D eigenvalue weighted by molar-refractivity contribution is 0.150. The molecule has 16 heavy (non-hydrogen) atoms. The summed E-state index contributed by atoms with van der Waals surface area (Å²) in [7, 11) is 1.70. The number of nitrogens with one attached hydrogen (secondary N) is 1. The molecule has 0 aliphatic carbocycles. The Balaban J connectivity index is 2.50. The number of ether oxygens (including phenoxy) is 1. The Hall–Kier alpha value is -0.900. The van der Waals surface area contributed by atoms with Crippen molar-refractivity contribution in [2.24, 2.45) is 0 Å². The molecule has 0 amide bonds. The Morgan fingerprint density at radius 1 is 1.31 bits per heavy atom. The molecule has 0 saturated heterocycles. The molecule has 3 heteroatoms. The second-order valence-electron chi connectivity index (χ2n) is 4.09. The molecule has 2 N–H and O–H groups in total. The second-order valence-corrected chi connectivity index (χ2v) is 4.09. The van der Waals surface area contributed by atoms with Crippen molar-refractivity contribution >= 4 is 0 Å². The summed E-state index contributed by atoms with van der Waals surface area (Å²) >= 11 is 0. The van der Waals surface area contributed by atoms with Crippen molar-refractivity contribution in [1.29, 1.82) is 0 Å². The van der Waals surface area contributed by atoms with Gasteiger partial charge in [-0.25, -0.2) is 0 Å². The van der Waals surface area contributed by atoms with Gasteiger partial charge < -0.3 is 15.2 Å². The minimum absolute atomic E-state index is 0.101. The highest BCUT2D eigenvalue weighted by Gasteiger charge is 2.11. The van der Waals surface area contributed by atoms with Gasteiger partial charge in [-0.2, -0.15) is 0 Å². The topological polar surface area (TPSA) is 41.5 Å². The van der Waals surface area contributed by atoms with E-state index in [0.29, 0.717) is 6.61 Å². The number of benzene rings is 1. The van der Waals surface area contributed by atoms with E-state index < -0.39 is 0 Å². The zero-order chi connectivity index (χ0) is 11.8. The summed E-state index contributed by atoms with van der Waals surface area (Å²) in [6.45, 7) is 2.77. The van der Waals surface area contributed by atoms with Gasteiger partial charge in [0.25, 0.3) is 0 Å². The van der Waals surface area contributed by atoms with Crippen molar-refractivity contribution < 1.29 is 9.84 Å². The first-order valence-corrected chi connectivity index (χ1v) is 5.66. The van der Waals surface area contributed by atoms with Crippen LogP contribution in [0.5, 0.6) is 0 Å². The first kappa shape index (κ1) is 13.2. The monoisotopic (exact) mass is 223 g/mol. The molecule has 0 heterocycles. The molecule has 0 aliphatic rings. The van der Waals surface area contributed by atoms with Crippen LogP contribution in [0.2, 0.25) is 0 Å². The minimum atomic E-state index is 0.101. The molecule has 0 bridgehead atoms. The third-order valence-electron chi connectivity index (χ3n) is 2.49. The van der Waals surface area contributed by atoms with E-state index >= 15 is 0 Å². The van der Waals surface area contributed by atoms with Crippen LogP contribution in [-0.4, -0.2) is 37.5 Å². The van der Waals surface area contributed by atoms with Crippen LogP contribution in [0.4, 0.5) is 0 Å². The molecule has 0 fully saturated rings. The van der Waals surface area contributed by atoms with Crippen LogP contribution in [0.1, 0.15) is 12.5 Å². The van der Waals surface area contributed by atoms with Gasteiger partial charge in [0.2, 0.25) is 0 Å². The average molecular weight is 223 g/mol. The Morgan fingerprint density at radius 3 is 2.56 bits per heavy atom. The highest BCUT2D eigenvalue weighted by molar-refractivity contribution is 5.15. The van der Waals surface area contributed by atoms with E-state index in [0.717, 1.165) is 6.42 Å². The van der Waals surface area contributed by atoms with Gasteiger partial charge in [-0.3, -0.25) is 0 Å². The van der Waals surface area contributed by atoms with Crippen molar-refractivity contribution in [3.05, 3.63) is 35.9 Å². The molecule has 90 valence electrons. The van der Waals surface area contributed by atoms with Crippen molar-refractivity contribution in [2.45, 2.75) is 25.4 Å². The van der Waals surface area contributed by atoms with Gasteiger partial charge in [0, 0.05) is 19.2 Å². The first-order valence-electron chi connectivity index (χ1n) is 5.66. The number of methoxy groups -OCH3 is 1. The zero-order valence-electron chi connectivity index (χ0n) is 10.0. The van der Waals surface area contributed by atoms with E-state index in [1.54, 1.807) is 7.11 Å². The van der Waals surface area contributed by atoms with Gasteiger partial charge in [0.15, 0.2) is 0 Å². The molecular formula is C13H21NO2. The van der Waals surface area contributed by atoms with E-state index in [2.05, 4.69) is 17.4 Å². The smallest absolute Gasteiger partial charge is 0.0619 e. The fourth-order valence-electron chi connectivity index (χ4n) is 1.72. The molecule has 1 aromatic carbocycles. The number of hydrogen-bond donors (Lipinski definition) is 2. The van der Waals surface area contributed by atoms with Gasteiger partial charge in [0.05, 0.1) is 13.2 Å². The Labute approximate surface area is 97.4 Å². The Morgan fingerprint density at radius 2 is 2.00 bits per heavy atom. The molecule has 0 spiro atoms. The highest BCUT2D eigenvalue weighted by atomic mass is 16.5. The van der Waals surface area contributed by atoms with Crippen molar-refractivity contribution in [1.82, 2.24) is 5.32 Å². The molecule has 1 unspecified atom stereocenters. The summed E-state index contributed by atoms with van der Waals surface area (Å²) < 4.78 is 5.18. The molecule has 2 atom stereocenters. The van der Waals surface area contributed by atoms with E-state index in [-0.39, 0.29) is 18.7 Å². The van der Waals surface area contributed by atoms with Gasteiger partial charge in [-0.15, -0.1) is 0 Å². The number of hydrogen-bond acceptors (Lipinski definition) is 3. The molecule has 1 rings (SSSR count). The summed E-state index contributed by atoms with van der Waals surface area (Å²) in [6, 6.07) is 10.6. The molecule has 1 aromatic rings. The van der Waals surface area contributed by atoms with Crippen LogP contribution in [0.25, 0.3) is 0 Å². The summed E-state index contributed by atoms with van der Waals surface area (Å²) in [5.74, 6) is 0. The lowest BCUT2D eigenvalue weighted by atomic mass is 10.1. The predicted octanol–water partition coefficient (Wildman–Crippen LogP) is 1.21. The quantitative estimate of drug-likeness (QED) is 0.730. The maximum Gasteiger partial charge on any atom is 0.0619 e. The first-order chi connectivity index (χ1) is 7.76. The van der Waals surface area contributed by atoms with E-state index in [9.17, 15) is 0 Å². The number of rotatable bonds is 7. The van der Waals surface area contributed by atoms with Crippen LogP contribution in [0.15, 0.2) is 30.3 Å². The highest BCUT2D eigenvalue weighted by Crippen LogP contribution is 2.04. The largest absolute Gasteiger partial charge is 0.395 e. The molecule has 3 nitrogen and oxygen atoms in total. The van der Waals surface area contributed by atoms with E-state index in [1.165, 1.54) is 5.56 Å². The van der Waals surface area contributed by atoms with Crippen LogP contribution in [0, 0.1) is 0 Å². The van der Waals surface area contributed by atoms with Crippen LogP contribution in [0.3, 0.4) is 0 Å². The number of aliphatic hydroxyl groups excluding tert-OH is 1. The van der Waals surface area contributed by atoms with Gasteiger partial charge in [-0.1, -0.05) is 30.3 Å². The van der Waals surface area contributed by atoms with E-state index in [4.69, 9.17) is 9.84 Å². The standard InChI is InChI=1S/C13H21NO2/c1-11(9-15)14-13(10-16-2)8-12-6-4-3-5-7-12/h3-7,11,13-15H,8-10H2,1-2H3/t11-,13?/m0/s1. The van der Waals surface area contributed by atoms with Crippen molar-refractivity contribution in [3.8, 4) is 0 Å². The normalized spacial score (nSPS) is 14.7. The van der Waals surface area contributed by atoms with Crippen LogP contribution in [-0.2, 0) is 11.2 Å². The summed E-state index contributed by atoms with van der Waals surface area (Å²) in [6.07, 6.45) is 0.916. The fraction of sp³-hybridized carbons (Fsp3) is 0.538. The molecule has 0 radical (unpaired) electrons. The van der Waals surface area contributed by atoms with Crippen LogP contribution < -0.4 is 5.32 Å². The third-order valence-corrected chi connectivity index (χ3v) is 2.49. The molecule has 0 aliphatic heterocycles. The second kappa shape index (κ2) is 7.39. The average Bonchev–Trinajstić information content (AvgIpc) is 2.30. The Kier molecular flexibility index (Phi) is 6.08. The predicted molar refractivity (Wildman–Crippen MR) is 65.5 cm³/mol. The third kappa shape index (κ3) is 4.75. The van der Waals surface area contributed by atoms with Gasteiger partial charge >= 0.3 is 0 Å². The molecule has 0 aromatic heterocycles. The minimum Gasteiger partial charge on any atom is -0.395 e. The Bertz CT molecular complexity index is 277. The van der Waals surface area contributed by atoms with Gasteiger partial charge in [0.1, 0.15) is 0 Å². The number of aliphatic hydroxyl groups is 1. The summed E-state index contributed by atoms with van der Waals surface area (Å²) in [5.41, 5.74) is 1.28. The van der Waals surface area contributed by atoms with Gasteiger partial charge in [-0.05, 0) is 18.9 Å².